The molecule has 0 aliphatic heterocycles. The molecule has 0 spiro atoms. The molecule has 1 amide bonds. The molecule has 0 atom stereocenters. The zero-order valence-corrected chi connectivity index (χ0v) is 18.1. The maximum absolute atomic E-state index is 12.5. The predicted octanol–water partition coefficient (Wildman–Crippen LogP) is 6.13. The largest absolute Gasteiger partial charge is 0.493 e. The smallest absolute Gasteiger partial charge is 0.266 e. The van der Waals surface area contributed by atoms with Crippen molar-refractivity contribution in [1.82, 2.24) is 0 Å². The monoisotopic (exact) mass is 452 g/mol. The van der Waals surface area contributed by atoms with E-state index in [1.54, 1.807) is 36.4 Å². The van der Waals surface area contributed by atoms with Crippen molar-refractivity contribution in [1.29, 1.82) is 5.26 Å². The molecule has 0 aromatic heterocycles. The Morgan fingerprint density at radius 2 is 1.87 bits per heavy atom. The number of anilines is 1. The Balaban J connectivity index is 1.82. The number of nitrogens with zero attached hydrogens (tertiary/aromatic N) is 1. The van der Waals surface area contributed by atoms with Gasteiger partial charge in [0.2, 0.25) is 0 Å². The van der Waals surface area contributed by atoms with Gasteiger partial charge in [0.1, 0.15) is 18.2 Å². The fraction of sp³-hybridized carbons (Fsp3) is 0.0833. The summed E-state index contributed by atoms with van der Waals surface area (Å²) in [7, 11) is 1.49. The van der Waals surface area contributed by atoms with Crippen LogP contribution in [0.4, 0.5) is 5.69 Å². The molecule has 0 radical (unpaired) electrons. The van der Waals surface area contributed by atoms with Crippen LogP contribution in [0, 0.1) is 11.3 Å². The number of nitrogens with one attached hydrogen (secondary N) is 1. The molecule has 7 heteroatoms. The summed E-state index contributed by atoms with van der Waals surface area (Å²) in [5.74, 6) is 0.207. The molecule has 0 saturated carbocycles. The molecule has 0 fully saturated rings. The van der Waals surface area contributed by atoms with Gasteiger partial charge < -0.3 is 14.8 Å². The number of benzene rings is 3. The predicted molar refractivity (Wildman–Crippen MR) is 122 cm³/mol. The van der Waals surface area contributed by atoms with Gasteiger partial charge in [0.05, 0.1) is 12.1 Å². The standard InChI is InChI=1S/C24H18Cl2N2O3/c1-30-22-12-17(11-21(26)23(22)31-15-16-6-3-2-4-7-16)10-18(14-27)24(29)28-20-9-5-8-19(25)13-20/h2-13H,15H2,1H3,(H,28,29)/b18-10+. The van der Waals surface area contributed by atoms with Crippen molar-refractivity contribution >= 4 is 40.9 Å². The topological polar surface area (TPSA) is 71.3 Å². The van der Waals surface area contributed by atoms with E-state index in [1.165, 1.54) is 13.2 Å². The Hall–Kier alpha value is -3.46. The number of hydrogen-bond acceptors (Lipinski definition) is 4. The highest BCUT2D eigenvalue weighted by Crippen LogP contribution is 2.37. The number of rotatable bonds is 7. The number of nitriles is 1. The fourth-order valence-electron chi connectivity index (χ4n) is 2.77. The fourth-order valence-corrected chi connectivity index (χ4v) is 3.24. The second-order valence-electron chi connectivity index (χ2n) is 6.44. The number of hydrogen-bond donors (Lipinski definition) is 1. The van der Waals surface area contributed by atoms with Crippen LogP contribution in [0.3, 0.4) is 0 Å². The molecule has 0 saturated heterocycles. The van der Waals surface area contributed by atoms with E-state index in [9.17, 15) is 10.1 Å². The molecular formula is C24H18Cl2N2O3. The number of ether oxygens (including phenoxy) is 2. The second kappa shape index (κ2) is 10.5. The lowest BCUT2D eigenvalue weighted by atomic mass is 10.1. The van der Waals surface area contributed by atoms with Crippen molar-refractivity contribution in [2.45, 2.75) is 6.61 Å². The van der Waals surface area contributed by atoms with Gasteiger partial charge in [0.25, 0.3) is 5.91 Å². The minimum atomic E-state index is -0.565. The van der Waals surface area contributed by atoms with Gasteiger partial charge in [0.15, 0.2) is 11.5 Å². The van der Waals surface area contributed by atoms with Gasteiger partial charge in [-0.05, 0) is 47.5 Å². The van der Waals surface area contributed by atoms with E-state index in [1.807, 2.05) is 36.4 Å². The van der Waals surface area contributed by atoms with Crippen LogP contribution in [-0.2, 0) is 11.4 Å². The summed E-state index contributed by atoms with van der Waals surface area (Å²) in [5, 5.41) is 12.9. The Bertz CT molecular complexity index is 1160. The number of methoxy groups -OCH3 is 1. The van der Waals surface area contributed by atoms with Crippen molar-refractivity contribution in [3.8, 4) is 17.6 Å². The van der Waals surface area contributed by atoms with Crippen molar-refractivity contribution in [2.24, 2.45) is 0 Å². The first-order valence-corrected chi connectivity index (χ1v) is 9.98. The Kier molecular flexibility index (Phi) is 7.55. The van der Waals surface area contributed by atoms with Crippen LogP contribution in [-0.4, -0.2) is 13.0 Å². The molecule has 31 heavy (non-hydrogen) atoms. The van der Waals surface area contributed by atoms with Crippen LogP contribution >= 0.6 is 23.2 Å². The molecule has 0 aliphatic carbocycles. The average molecular weight is 453 g/mol. The van der Waals surface area contributed by atoms with Crippen LogP contribution < -0.4 is 14.8 Å². The second-order valence-corrected chi connectivity index (χ2v) is 7.29. The summed E-state index contributed by atoms with van der Waals surface area (Å²) in [5.41, 5.74) is 1.88. The number of halogens is 2. The average Bonchev–Trinajstić information content (AvgIpc) is 2.77. The van der Waals surface area contributed by atoms with Crippen LogP contribution in [0.1, 0.15) is 11.1 Å². The van der Waals surface area contributed by atoms with E-state index >= 15 is 0 Å². The zero-order valence-electron chi connectivity index (χ0n) is 16.6. The third kappa shape index (κ3) is 6.02. The summed E-state index contributed by atoms with van der Waals surface area (Å²) < 4.78 is 11.2. The summed E-state index contributed by atoms with van der Waals surface area (Å²) >= 11 is 12.3. The van der Waals surface area contributed by atoms with E-state index in [2.05, 4.69) is 5.32 Å². The maximum atomic E-state index is 12.5. The van der Waals surface area contributed by atoms with Crippen LogP contribution in [0.15, 0.2) is 72.3 Å². The Morgan fingerprint density at radius 1 is 1.10 bits per heavy atom. The minimum absolute atomic E-state index is 0.101. The van der Waals surface area contributed by atoms with E-state index in [4.69, 9.17) is 32.7 Å². The Morgan fingerprint density at radius 3 is 2.55 bits per heavy atom. The molecule has 3 aromatic carbocycles. The summed E-state index contributed by atoms with van der Waals surface area (Å²) in [6.07, 6.45) is 1.43. The molecule has 0 bridgehead atoms. The molecule has 1 N–H and O–H groups in total. The lowest BCUT2D eigenvalue weighted by Crippen LogP contribution is -2.13. The first-order chi connectivity index (χ1) is 15.0. The van der Waals surface area contributed by atoms with Gasteiger partial charge in [-0.1, -0.05) is 59.6 Å². The maximum Gasteiger partial charge on any atom is 0.266 e. The summed E-state index contributed by atoms with van der Waals surface area (Å²) in [6.45, 7) is 0.317. The lowest BCUT2D eigenvalue weighted by Gasteiger charge is -2.13. The lowest BCUT2D eigenvalue weighted by molar-refractivity contribution is -0.112. The number of carbonyl (C=O) groups is 1. The van der Waals surface area contributed by atoms with Crippen molar-refractivity contribution in [3.05, 3.63) is 93.5 Å². The van der Waals surface area contributed by atoms with Crippen molar-refractivity contribution < 1.29 is 14.3 Å². The summed E-state index contributed by atoms with van der Waals surface area (Å²) in [6, 6.07) is 21.5. The minimum Gasteiger partial charge on any atom is -0.493 e. The molecule has 5 nitrogen and oxygen atoms in total. The molecule has 3 aromatic rings. The zero-order chi connectivity index (χ0) is 22.2. The van der Waals surface area contributed by atoms with Gasteiger partial charge in [-0.3, -0.25) is 4.79 Å². The van der Waals surface area contributed by atoms with Gasteiger partial charge in [-0.15, -0.1) is 0 Å². The van der Waals surface area contributed by atoms with Crippen LogP contribution in [0.5, 0.6) is 11.5 Å². The molecule has 3 rings (SSSR count). The van der Waals surface area contributed by atoms with Crippen LogP contribution in [0.25, 0.3) is 6.08 Å². The highest BCUT2D eigenvalue weighted by Gasteiger charge is 2.14. The molecule has 0 heterocycles. The molecule has 156 valence electrons. The summed E-state index contributed by atoms with van der Waals surface area (Å²) in [4.78, 5) is 12.5. The first-order valence-electron chi connectivity index (χ1n) is 9.23. The quantitative estimate of drug-likeness (QED) is 0.345. The van der Waals surface area contributed by atoms with Gasteiger partial charge in [-0.25, -0.2) is 0 Å². The van der Waals surface area contributed by atoms with E-state index < -0.39 is 5.91 Å². The van der Waals surface area contributed by atoms with E-state index in [0.717, 1.165) is 5.56 Å². The van der Waals surface area contributed by atoms with Gasteiger partial charge in [0, 0.05) is 10.7 Å². The van der Waals surface area contributed by atoms with Gasteiger partial charge in [-0.2, -0.15) is 5.26 Å². The number of carbonyl (C=O) groups excluding carboxylic acids is 1. The van der Waals surface area contributed by atoms with Crippen molar-refractivity contribution in [3.63, 3.8) is 0 Å². The Labute approximate surface area is 190 Å². The molecule has 0 aliphatic rings. The van der Waals surface area contributed by atoms with E-state index in [-0.39, 0.29) is 5.57 Å². The first kappa shape index (κ1) is 22.2. The normalized spacial score (nSPS) is 10.8. The SMILES string of the molecule is COc1cc(/C=C(\C#N)C(=O)Nc2cccc(Cl)c2)cc(Cl)c1OCc1ccccc1. The third-order valence-electron chi connectivity index (χ3n) is 4.24. The molecule has 0 unspecified atom stereocenters. The molecular weight excluding hydrogens is 435 g/mol. The third-order valence-corrected chi connectivity index (χ3v) is 4.75. The van der Waals surface area contributed by atoms with Crippen molar-refractivity contribution in [2.75, 3.05) is 12.4 Å². The number of amides is 1. The highest BCUT2D eigenvalue weighted by molar-refractivity contribution is 6.32. The highest BCUT2D eigenvalue weighted by atomic mass is 35.5. The van der Waals surface area contributed by atoms with E-state index in [0.29, 0.717) is 39.4 Å². The van der Waals surface area contributed by atoms with Gasteiger partial charge >= 0.3 is 0 Å². The van der Waals surface area contributed by atoms with Crippen LogP contribution in [0.2, 0.25) is 10.0 Å².